The maximum absolute atomic E-state index is 14.6. The van der Waals surface area contributed by atoms with Crippen LogP contribution in [0.25, 0.3) is 0 Å². The van der Waals surface area contributed by atoms with Crippen LogP contribution in [0.4, 0.5) is 23.7 Å². The van der Waals surface area contributed by atoms with Crippen LogP contribution in [0.3, 0.4) is 0 Å². The molecule has 1 atom stereocenters. The number of rotatable bonds is 9. The third kappa shape index (κ3) is 9.28. The highest BCUT2D eigenvalue weighted by atomic mass is 19.4. The van der Waals surface area contributed by atoms with Gasteiger partial charge in [-0.3, -0.25) is 19.2 Å². The Bertz CT molecular complexity index is 1370. The van der Waals surface area contributed by atoms with Crippen LogP contribution in [0.1, 0.15) is 90.6 Å². The number of nitrogens with zero attached hydrogens (tertiary/aromatic N) is 3. The molecule has 1 aromatic rings. The van der Waals surface area contributed by atoms with Crippen molar-refractivity contribution in [2.75, 3.05) is 37.6 Å². The summed E-state index contributed by atoms with van der Waals surface area (Å²) in [5.74, 6) is -2.37. The summed E-state index contributed by atoms with van der Waals surface area (Å²) in [6, 6.07) is 0.584. The summed E-state index contributed by atoms with van der Waals surface area (Å²) in [4.78, 5) is 68.4. The van der Waals surface area contributed by atoms with Crippen molar-refractivity contribution in [1.82, 2.24) is 20.4 Å². The van der Waals surface area contributed by atoms with E-state index in [1.165, 1.54) is 28.5 Å². The van der Waals surface area contributed by atoms with E-state index in [4.69, 9.17) is 9.47 Å². The number of amides is 5. The zero-order valence-corrected chi connectivity index (χ0v) is 28.3. The molecule has 0 radical (unpaired) electrons. The van der Waals surface area contributed by atoms with Crippen molar-refractivity contribution in [3.63, 3.8) is 0 Å². The van der Waals surface area contributed by atoms with Gasteiger partial charge in [0.05, 0.1) is 16.8 Å². The minimum atomic E-state index is -4.94. The fraction of sp³-hybridized carbons (Fsp3) is 0.656. The lowest BCUT2D eigenvalue weighted by Crippen LogP contribution is -2.55. The maximum Gasteiger partial charge on any atom is 0.417 e. The van der Waals surface area contributed by atoms with E-state index in [9.17, 15) is 37.1 Å². The average molecular weight is 670 g/mol. The summed E-state index contributed by atoms with van der Waals surface area (Å²) in [7, 11) is 0. The Kier molecular flexibility index (Phi) is 11.5. The van der Waals surface area contributed by atoms with Crippen LogP contribution in [-0.2, 0) is 25.3 Å². The van der Waals surface area contributed by atoms with Crippen molar-refractivity contribution < 1.29 is 46.6 Å². The van der Waals surface area contributed by atoms with Crippen LogP contribution < -0.4 is 20.3 Å². The first-order chi connectivity index (χ1) is 21.7. The van der Waals surface area contributed by atoms with E-state index in [0.29, 0.717) is 19.4 Å². The molecule has 2 aliphatic rings. The van der Waals surface area contributed by atoms with E-state index in [0.717, 1.165) is 12.1 Å². The Balaban J connectivity index is 1.95. The number of alkyl carbamates (subject to hydrolysis) is 1. The van der Waals surface area contributed by atoms with Crippen molar-refractivity contribution >= 4 is 35.4 Å². The number of carbonyl (C=O) groups is 5. The van der Waals surface area contributed by atoms with Crippen LogP contribution in [-0.4, -0.2) is 95.5 Å². The van der Waals surface area contributed by atoms with Gasteiger partial charge in [-0.25, -0.2) is 4.79 Å². The van der Waals surface area contributed by atoms with Crippen molar-refractivity contribution in [2.45, 2.75) is 104 Å². The van der Waals surface area contributed by atoms with Gasteiger partial charge in [0.25, 0.3) is 11.8 Å². The quantitative estimate of drug-likeness (QED) is 0.404. The molecule has 2 aliphatic heterocycles. The number of carbonyl (C=O) groups excluding carboxylic acids is 5. The number of fused-ring (bicyclic) bond motifs is 1. The first kappa shape index (κ1) is 37.4. The molecule has 15 heteroatoms. The summed E-state index contributed by atoms with van der Waals surface area (Å²) in [6.07, 6.45) is -4.59. The lowest BCUT2D eigenvalue weighted by molar-refractivity contribution is -0.138. The highest BCUT2D eigenvalue weighted by molar-refractivity contribution is 6.05. The molecule has 2 N–H and O–H groups in total. The van der Waals surface area contributed by atoms with Crippen LogP contribution >= 0.6 is 0 Å². The molecule has 0 spiro atoms. The molecule has 47 heavy (non-hydrogen) atoms. The molecule has 1 fully saturated rings. The lowest BCUT2D eigenvalue weighted by atomic mass is 9.96. The standard InChI is InChI=1S/C32H46F3N5O7/c1-9-25(41)36-12-14-39-23-15-21(22(32(33,34)35)16-24(23)46-31(7,8)28(39)44)27(43)40(19(2)3)20-11-10-13-38(18-20)26(42)17-37-29(45)47-30(4,5)6/h15-16,19-20H,9-14,17-18H2,1-8H3,(H,36,41)(H,37,45)/t20-/m1/s1. The lowest BCUT2D eigenvalue weighted by Gasteiger charge is -2.42. The number of anilines is 1. The minimum Gasteiger partial charge on any atom is -0.476 e. The molecule has 5 amide bonds. The second-order valence-corrected chi connectivity index (χ2v) is 13.4. The predicted molar refractivity (Wildman–Crippen MR) is 167 cm³/mol. The SMILES string of the molecule is CCC(=O)NCCN1C(=O)C(C)(C)Oc2cc(C(F)(F)F)c(C(=O)N(C(C)C)[C@@H]3CCCN(C(=O)CNC(=O)OC(C)(C)C)C3)cc21. The van der Waals surface area contributed by atoms with Gasteiger partial charge < -0.3 is 34.8 Å². The molecular formula is C32H46F3N5O7. The Morgan fingerprint density at radius 3 is 2.36 bits per heavy atom. The molecule has 1 saturated heterocycles. The largest absolute Gasteiger partial charge is 0.476 e. The fourth-order valence-electron chi connectivity index (χ4n) is 5.62. The summed E-state index contributed by atoms with van der Waals surface area (Å²) < 4.78 is 54.5. The third-order valence-electron chi connectivity index (χ3n) is 7.75. The maximum atomic E-state index is 14.6. The predicted octanol–water partition coefficient (Wildman–Crippen LogP) is 4.10. The van der Waals surface area contributed by atoms with Gasteiger partial charge in [-0.15, -0.1) is 0 Å². The Labute approximate surface area is 273 Å². The summed E-state index contributed by atoms with van der Waals surface area (Å²) in [6.45, 7) is 12.9. The van der Waals surface area contributed by atoms with Crippen molar-refractivity contribution in [3.05, 3.63) is 23.3 Å². The third-order valence-corrected chi connectivity index (χ3v) is 7.75. The van der Waals surface area contributed by atoms with Crippen LogP contribution in [0, 0.1) is 0 Å². The number of piperidine rings is 1. The van der Waals surface area contributed by atoms with E-state index in [-0.39, 0.29) is 49.9 Å². The normalized spacial score (nSPS) is 17.9. The van der Waals surface area contributed by atoms with Crippen LogP contribution in [0.15, 0.2) is 12.1 Å². The molecule has 0 saturated carbocycles. The van der Waals surface area contributed by atoms with Gasteiger partial charge in [-0.05, 0) is 73.4 Å². The second-order valence-electron chi connectivity index (χ2n) is 13.4. The Hall–Kier alpha value is -4.04. The van der Waals surface area contributed by atoms with Crippen LogP contribution in [0.2, 0.25) is 0 Å². The summed E-state index contributed by atoms with van der Waals surface area (Å²) in [5.41, 5.74) is -4.17. The highest BCUT2D eigenvalue weighted by Crippen LogP contribution is 2.44. The van der Waals surface area contributed by atoms with Crippen molar-refractivity contribution in [2.24, 2.45) is 0 Å². The number of halogens is 3. The van der Waals surface area contributed by atoms with E-state index in [1.807, 2.05) is 0 Å². The first-order valence-electron chi connectivity index (χ1n) is 15.8. The van der Waals surface area contributed by atoms with Crippen molar-refractivity contribution in [1.29, 1.82) is 0 Å². The molecule has 3 rings (SSSR count). The van der Waals surface area contributed by atoms with Gasteiger partial charge in [0.2, 0.25) is 11.8 Å². The van der Waals surface area contributed by atoms with E-state index in [2.05, 4.69) is 10.6 Å². The smallest absolute Gasteiger partial charge is 0.417 e. The van der Waals surface area contributed by atoms with Crippen molar-refractivity contribution in [3.8, 4) is 5.75 Å². The van der Waals surface area contributed by atoms with E-state index < -0.39 is 64.4 Å². The number of hydrogen-bond donors (Lipinski definition) is 2. The van der Waals surface area contributed by atoms with Gasteiger partial charge >= 0.3 is 12.3 Å². The van der Waals surface area contributed by atoms with Gasteiger partial charge in [0.1, 0.15) is 17.9 Å². The van der Waals surface area contributed by atoms with Gasteiger partial charge in [0.15, 0.2) is 5.60 Å². The van der Waals surface area contributed by atoms with E-state index >= 15 is 0 Å². The van der Waals surface area contributed by atoms with Crippen LogP contribution in [0.5, 0.6) is 5.75 Å². The fourth-order valence-corrected chi connectivity index (χ4v) is 5.62. The molecule has 2 heterocycles. The summed E-state index contributed by atoms with van der Waals surface area (Å²) >= 11 is 0. The zero-order valence-electron chi connectivity index (χ0n) is 28.3. The van der Waals surface area contributed by atoms with E-state index in [1.54, 1.807) is 41.5 Å². The molecule has 0 aromatic heterocycles. The molecule has 0 bridgehead atoms. The first-order valence-corrected chi connectivity index (χ1v) is 15.8. The Morgan fingerprint density at radius 1 is 1.13 bits per heavy atom. The number of benzene rings is 1. The molecule has 12 nitrogen and oxygen atoms in total. The number of likely N-dealkylation sites (tertiary alicyclic amines) is 1. The molecule has 0 aliphatic carbocycles. The monoisotopic (exact) mass is 669 g/mol. The second kappa shape index (κ2) is 14.4. The molecule has 262 valence electrons. The minimum absolute atomic E-state index is 0.0196. The Morgan fingerprint density at radius 2 is 1.79 bits per heavy atom. The molecular weight excluding hydrogens is 623 g/mol. The average Bonchev–Trinajstić information content (AvgIpc) is 2.95. The number of alkyl halides is 3. The number of hydrogen-bond acceptors (Lipinski definition) is 7. The molecule has 1 aromatic carbocycles. The highest BCUT2D eigenvalue weighted by Gasteiger charge is 2.45. The topological polar surface area (TPSA) is 138 Å². The number of ether oxygens (including phenoxy) is 2. The van der Waals surface area contributed by atoms with Gasteiger partial charge in [-0.2, -0.15) is 13.2 Å². The zero-order chi connectivity index (χ0) is 35.5. The number of nitrogens with one attached hydrogen (secondary N) is 2. The molecule has 0 unspecified atom stereocenters. The summed E-state index contributed by atoms with van der Waals surface area (Å²) in [5, 5.41) is 5.07. The van der Waals surface area contributed by atoms with Gasteiger partial charge in [-0.1, -0.05) is 6.92 Å². The van der Waals surface area contributed by atoms with Gasteiger partial charge in [0, 0.05) is 44.7 Å².